The van der Waals surface area contributed by atoms with E-state index in [2.05, 4.69) is 5.32 Å². The zero-order chi connectivity index (χ0) is 15.2. The van der Waals surface area contributed by atoms with Gasteiger partial charge in [-0.3, -0.25) is 4.79 Å². The third kappa shape index (κ3) is 4.20. The Labute approximate surface area is 128 Å². The molecule has 3 nitrogen and oxygen atoms in total. The highest BCUT2D eigenvalue weighted by Crippen LogP contribution is 2.16. The molecular formula is C17H13ClN2O. The summed E-state index contributed by atoms with van der Waals surface area (Å²) in [5.41, 5.74) is 2.47. The van der Waals surface area contributed by atoms with Gasteiger partial charge in [0.1, 0.15) is 11.6 Å². The number of nitrogens with one attached hydrogen (secondary N) is 1. The van der Waals surface area contributed by atoms with E-state index in [-0.39, 0.29) is 5.57 Å². The van der Waals surface area contributed by atoms with Gasteiger partial charge in [0.2, 0.25) is 0 Å². The Morgan fingerprint density at radius 3 is 2.67 bits per heavy atom. The molecule has 2 aromatic carbocycles. The standard InChI is InChI=1S/C17H13ClN2O/c1-12-4-2-5-13(8-12)9-14(11-19)17(21)20-16-7-3-6-15(18)10-16/h2-10H,1H3,(H,20,21)/b14-9+. The summed E-state index contributed by atoms with van der Waals surface area (Å²) in [5.74, 6) is -0.457. The van der Waals surface area contributed by atoms with Crippen molar-refractivity contribution in [3.63, 3.8) is 0 Å². The molecule has 2 aromatic rings. The first-order chi connectivity index (χ1) is 10.1. The van der Waals surface area contributed by atoms with Gasteiger partial charge in [-0.1, -0.05) is 47.5 Å². The second-order valence-electron chi connectivity index (χ2n) is 4.55. The van der Waals surface area contributed by atoms with Crippen LogP contribution in [0, 0.1) is 18.3 Å². The third-order valence-electron chi connectivity index (χ3n) is 2.80. The number of halogens is 1. The molecule has 0 bridgehead atoms. The van der Waals surface area contributed by atoms with Crippen molar-refractivity contribution in [2.24, 2.45) is 0 Å². The summed E-state index contributed by atoms with van der Waals surface area (Å²) in [5, 5.41) is 12.3. The van der Waals surface area contributed by atoms with Crippen molar-refractivity contribution in [3.05, 3.63) is 70.3 Å². The van der Waals surface area contributed by atoms with Crippen LogP contribution in [0.25, 0.3) is 6.08 Å². The Hall–Kier alpha value is -2.57. The Bertz CT molecular complexity index is 744. The summed E-state index contributed by atoms with van der Waals surface area (Å²) < 4.78 is 0. The summed E-state index contributed by atoms with van der Waals surface area (Å²) in [4.78, 5) is 12.1. The van der Waals surface area contributed by atoms with Crippen molar-refractivity contribution in [2.45, 2.75) is 6.92 Å². The third-order valence-corrected chi connectivity index (χ3v) is 3.04. The number of benzene rings is 2. The van der Waals surface area contributed by atoms with Crippen LogP contribution in [0.2, 0.25) is 5.02 Å². The number of hydrogen-bond acceptors (Lipinski definition) is 2. The number of aryl methyl sites for hydroxylation is 1. The first-order valence-corrected chi connectivity index (χ1v) is 6.71. The van der Waals surface area contributed by atoms with Gasteiger partial charge in [0.05, 0.1) is 0 Å². The molecule has 1 amide bonds. The zero-order valence-corrected chi connectivity index (χ0v) is 12.2. The molecule has 0 unspecified atom stereocenters. The summed E-state index contributed by atoms with van der Waals surface area (Å²) in [6, 6.07) is 16.3. The lowest BCUT2D eigenvalue weighted by atomic mass is 10.1. The molecule has 4 heteroatoms. The molecule has 0 aliphatic heterocycles. The molecule has 0 atom stereocenters. The highest BCUT2D eigenvalue weighted by atomic mass is 35.5. The van der Waals surface area contributed by atoms with Crippen LogP contribution < -0.4 is 5.32 Å². The van der Waals surface area contributed by atoms with Gasteiger partial charge in [-0.15, -0.1) is 0 Å². The van der Waals surface area contributed by atoms with Gasteiger partial charge < -0.3 is 5.32 Å². The Morgan fingerprint density at radius 1 is 1.24 bits per heavy atom. The second kappa shape index (κ2) is 6.74. The minimum Gasteiger partial charge on any atom is -0.321 e. The maximum Gasteiger partial charge on any atom is 0.266 e. The van der Waals surface area contributed by atoms with Crippen molar-refractivity contribution < 1.29 is 4.79 Å². The van der Waals surface area contributed by atoms with E-state index in [1.807, 2.05) is 37.3 Å². The van der Waals surface area contributed by atoms with Crippen LogP contribution in [-0.4, -0.2) is 5.91 Å². The number of nitrogens with zero attached hydrogens (tertiary/aromatic N) is 1. The molecule has 0 aromatic heterocycles. The minimum absolute atomic E-state index is 0.0422. The number of rotatable bonds is 3. The number of carbonyl (C=O) groups excluding carboxylic acids is 1. The minimum atomic E-state index is -0.457. The van der Waals surface area contributed by atoms with Gasteiger partial charge in [0.15, 0.2) is 0 Å². The molecular weight excluding hydrogens is 284 g/mol. The van der Waals surface area contributed by atoms with E-state index in [1.54, 1.807) is 30.3 Å². The highest BCUT2D eigenvalue weighted by molar-refractivity contribution is 6.31. The average Bonchev–Trinajstić information content (AvgIpc) is 2.44. The number of anilines is 1. The molecule has 2 rings (SSSR count). The Kier molecular flexibility index (Phi) is 4.76. The van der Waals surface area contributed by atoms with E-state index < -0.39 is 5.91 Å². The highest BCUT2D eigenvalue weighted by Gasteiger charge is 2.09. The fourth-order valence-electron chi connectivity index (χ4n) is 1.84. The van der Waals surface area contributed by atoms with Crippen molar-refractivity contribution >= 4 is 29.3 Å². The molecule has 0 radical (unpaired) electrons. The molecule has 0 aliphatic carbocycles. The van der Waals surface area contributed by atoms with Crippen LogP contribution in [0.5, 0.6) is 0 Å². The second-order valence-corrected chi connectivity index (χ2v) is 4.98. The molecule has 104 valence electrons. The number of hydrogen-bond donors (Lipinski definition) is 1. The van der Waals surface area contributed by atoms with Gasteiger partial charge in [-0.25, -0.2) is 0 Å². The van der Waals surface area contributed by atoms with Crippen LogP contribution in [0.1, 0.15) is 11.1 Å². The predicted octanol–water partition coefficient (Wildman–Crippen LogP) is 4.19. The molecule has 0 fully saturated rings. The first kappa shape index (κ1) is 14.8. The Morgan fingerprint density at radius 2 is 2.00 bits per heavy atom. The number of amides is 1. The molecule has 1 N–H and O–H groups in total. The van der Waals surface area contributed by atoms with E-state index >= 15 is 0 Å². The zero-order valence-electron chi connectivity index (χ0n) is 11.4. The summed E-state index contributed by atoms with van der Waals surface area (Å²) in [6.45, 7) is 1.95. The van der Waals surface area contributed by atoms with Crippen molar-refractivity contribution in [1.29, 1.82) is 5.26 Å². The van der Waals surface area contributed by atoms with Gasteiger partial charge >= 0.3 is 0 Å². The number of carbonyl (C=O) groups is 1. The molecule has 21 heavy (non-hydrogen) atoms. The summed E-state index contributed by atoms with van der Waals surface area (Å²) in [7, 11) is 0. The van der Waals surface area contributed by atoms with Crippen molar-refractivity contribution in [2.75, 3.05) is 5.32 Å². The van der Waals surface area contributed by atoms with E-state index in [9.17, 15) is 4.79 Å². The van der Waals surface area contributed by atoms with Crippen LogP contribution in [0.4, 0.5) is 5.69 Å². The lowest BCUT2D eigenvalue weighted by molar-refractivity contribution is -0.112. The predicted molar refractivity (Wildman–Crippen MR) is 84.9 cm³/mol. The van der Waals surface area contributed by atoms with Gasteiger partial charge in [-0.05, 0) is 36.8 Å². The smallest absolute Gasteiger partial charge is 0.266 e. The molecule has 0 saturated heterocycles. The number of nitriles is 1. The SMILES string of the molecule is Cc1cccc(/C=C(\C#N)C(=O)Nc2cccc(Cl)c2)c1. The van der Waals surface area contributed by atoms with Gasteiger partial charge in [0.25, 0.3) is 5.91 Å². The van der Waals surface area contributed by atoms with E-state index in [0.29, 0.717) is 10.7 Å². The summed E-state index contributed by atoms with van der Waals surface area (Å²) >= 11 is 5.86. The van der Waals surface area contributed by atoms with Crippen molar-refractivity contribution in [1.82, 2.24) is 0 Å². The average molecular weight is 297 g/mol. The largest absolute Gasteiger partial charge is 0.321 e. The maximum absolute atomic E-state index is 12.1. The van der Waals surface area contributed by atoms with Crippen LogP contribution in [-0.2, 0) is 4.79 Å². The van der Waals surface area contributed by atoms with E-state index in [0.717, 1.165) is 11.1 Å². The normalized spacial score (nSPS) is 10.8. The van der Waals surface area contributed by atoms with Crippen molar-refractivity contribution in [3.8, 4) is 6.07 Å². The topological polar surface area (TPSA) is 52.9 Å². The summed E-state index contributed by atoms with van der Waals surface area (Å²) in [6.07, 6.45) is 1.56. The fourth-order valence-corrected chi connectivity index (χ4v) is 2.03. The quantitative estimate of drug-likeness (QED) is 0.682. The van der Waals surface area contributed by atoms with E-state index in [1.165, 1.54) is 0 Å². The molecule has 0 spiro atoms. The monoisotopic (exact) mass is 296 g/mol. The first-order valence-electron chi connectivity index (χ1n) is 6.34. The van der Waals surface area contributed by atoms with Crippen LogP contribution in [0.3, 0.4) is 0 Å². The maximum atomic E-state index is 12.1. The van der Waals surface area contributed by atoms with Gasteiger partial charge in [0, 0.05) is 10.7 Å². The molecule has 0 aliphatic rings. The van der Waals surface area contributed by atoms with Crippen LogP contribution >= 0.6 is 11.6 Å². The Balaban J connectivity index is 2.21. The van der Waals surface area contributed by atoms with Crippen LogP contribution in [0.15, 0.2) is 54.1 Å². The fraction of sp³-hybridized carbons (Fsp3) is 0.0588. The molecule has 0 saturated carbocycles. The molecule has 0 heterocycles. The van der Waals surface area contributed by atoms with Gasteiger partial charge in [-0.2, -0.15) is 5.26 Å². The lowest BCUT2D eigenvalue weighted by Crippen LogP contribution is -2.13. The van der Waals surface area contributed by atoms with E-state index in [4.69, 9.17) is 16.9 Å². The lowest BCUT2D eigenvalue weighted by Gasteiger charge is -2.04.